The Labute approximate surface area is 156 Å². The molecular weight excluding hydrogens is 352 g/mol. The molecule has 0 saturated heterocycles. The summed E-state index contributed by atoms with van der Waals surface area (Å²) in [6.45, 7) is 0. The third-order valence-electron chi connectivity index (χ3n) is 4.21. The van der Waals surface area contributed by atoms with Gasteiger partial charge in [0.1, 0.15) is 28.0 Å². The van der Waals surface area contributed by atoms with Gasteiger partial charge in [-0.05, 0) is 24.3 Å². The molecule has 1 heterocycles. The van der Waals surface area contributed by atoms with Gasteiger partial charge in [-0.2, -0.15) is 0 Å². The highest BCUT2D eigenvalue weighted by Crippen LogP contribution is 2.45. The van der Waals surface area contributed by atoms with Crippen LogP contribution in [0.25, 0.3) is 22.3 Å². The van der Waals surface area contributed by atoms with E-state index in [1.54, 1.807) is 24.3 Å². The van der Waals surface area contributed by atoms with Crippen LogP contribution in [-0.2, 0) is 0 Å². The maximum atomic E-state index is 12.9. The van der Waals surface area contributed by atoms with Crippen LogP contribution in [0.15, 0.2) is 39.5 Å². The zero-order chi connectivity index (χ0) is 19.6. The highest BCUT2D eigenvalue weighted by molar-refractivity contribution is 5.88. The summed E-state index contributed by atoms with van der Waals surface area (Å²) in [6, 6.07) is 8.13. The van der Waals surface area contributed by atoms with Gasteiger partial charge in [0.15, 0.2) is 28.4 Å². The van der Waals surface area contributed by atoms with Crippen molar-refractivity contribution in [2.24, 2.45) is 0 Å². The molecule has 7 nitrogen and oxygen atoms in total. The summed E-state index contributed by atoms with van der Waals surface area (Å²) < 4.78 is 32.9. The second kappa shape index (κ2) is 7.49. The average molecular weight is 372 g/mol. The third-order valence-corrected chi connectivity index (χ3v) is 4.21. The lowest BCUT2D eigenvalue weighted by Gasteiger charge is -2.16. The van der Waals surface area contributed by atoms with Crippen molar-refractivity contribution >= 4 is 11.0 Å². The van der Waals surface area contributed by atoms with Gasteiger partial charge in [0, 0.05) is 6.07 Å². The maximum absolute atomic E-state index is 12.9. The van der Waals surface area contributed by atoms with Gasteiger partial charge >= 0.3 is 0 Å². The zero-order valence-electron chi connectivity index (χ0n) is 15.7. The van der Waals surface area contributed by atoms with E-state index in [9.17, 15) is 4.79 Å². The van der Waals surface area contributed by atoms with Crippen molar-refractivity contribution in [2.45, 2.75) is 0 Å². The van der Waals surface area contributed by atoms with E-state index in [-0.39, 0.29) is 11.2 Å². The zero-order valence-corrected chi connectivity index (χ0v) is 15.7. The van der Waals surface area contributed by atoms with Crippen molar-refractivity contribution in [1.82, 2.24) is 0 Å². The number of hydrogen-bond donors (Lipinski definition) is 0. The molecule has 0 aliphatic rings. The molecule has 7 heteroatoms. The van der Waals surface area contributed by atoms with E-state index in [1.807, 2.05) is 0 Å². The van der Waals surface area contributed by atoms with Crippen LogP contribution in [0.2, 0.25) is 0 Å². The monoisotopic (exact) mass is 372 g/mol. The molecule has 142 valence electrons. The molecule has 0 saturated carbocycles. The summed E-state index contributed by atoms with van der Waals surface area (Å²) in [5.74, 6) is 2.42. The molecule has 0 unspecified atom stereocenters. The molecule has 0 amide bonds. The predicted molar refractivity (Wildman–Crippen MR) is 101 cm³/mol. The quantitative estimate of drug-likeness (QED) is 0.655. The minimum absolute atomic E-state index is 0.283. The Hall–Kier alpha value is -3.35. The number of benzene rings is 2. The lowest BCUT2D eigenvalue weighted by molar-refractivity contribution is 0.349. The third kappa shape index (κ3) is 3.01. The fourth-order valence-electron chi connectivity index (χ4n) is 3.00. The lowest BCUT2D eigenvalue weighted by atomic mass is 10.1. The van der Waals surface area contributed by atoms with Crippen molar-refractivity contribution in [2.75, 3.05) is 35.5 Å². The second-order valence-corrected chi connectivity index (χ2v) is 5.53. The summed E-state index contributed by atoms with van der Waals surface area (Å²) in [5.41, 5.74) is 0.545. The SMILES string of the molecule is COc1ccc(OC)c(-c2cc(=O)c3c(OC)c(OC)ccc3o2)c1OC. The fourth-order valence-corrected chi connectivity index (χ4v) is 3.00. The van der Waals surface area contributed by atoms with Gasteiger partial charge < -0.3 is 28.1 Å². The first kappa shape index (κ1) is 18.4. The highest BCUT2D eigenvalue weighted by Gasteiger charge is 2.22. The van der Waals surface area contributed by atoms with Crippen LogP contribution in [0, 0.1) is 0 Å². The summed E-state index contributed by atoms with van der Waals surface area (Å²) in [6.07, 6.45) is 0. The molecule has 0 N–H and O–H groups in total. The van der Waals surface area contributed by atoms with Crippen molar-refractivity contribution in [1.29, 1.82) is 0 Å². The number of rotatable bonds is 6. The summed E-state index contributed by atoms with van der Waals surface area (Å²) in [7, 11) is 7.54. The molecule has 0 fully saturated rings. The summed E-state index contributed by atoms with van der Waals surface area (Å²) in [4.78, 5) is 12.9. The van der Waals surface area contributed by atoms with Gasteiger partial charge in [0.2, 0.25) is 0 Å². The molecule has 0 atom stereocenters. The molecular formula is C20H20O7. The first-order valence-electron chi connectivity index (χ1n) is 8.07. The van der Waals surface area contributed by atoms with Crippen molar-refractivity contribution in [3.8, 4) is 40.1 Å². The number of ether oxygens (including phenoxy) is 5. The van der Waals surface area contributed by atoms with Gasteiger partial charge in [-0.25, -0.2) is 0 Å². The van der Waals surface area contributed by atoms with Crippen molar-refractivity contribution in [3.63, 3.8) is 0 Å². The van der Waals surface area contributed by atoms with E-state index in [1.165, 1.54) is 41.6 Å². The molecule has 3 rings (SSSR count). The van der Waals surface area contributed by atoms with E-state index in [0.29, 0.717) is 45.3 Å². The topological polar surface area (TPSA) is 76.4 Å². The van der Waals surface area contributed by atoms with E-state index in [0.717, 1.165) is 0 Å². The number of fused-ring (bicyclic) bond motifs is 1. The molecule has 3 aromatic rings. The van der Waals surface area contributed by atoms with Crippen LogP contribution >= 0.6 is 0 Å². The summed E-state index contributed by atoms with van der Waals surface area (Å²) in [5, 5.41) is 0.293. The number of hydrogen-bond acceptors (Lipinski definition) is 7. The Morgan fingerprint density at radius 1 is 0.704 bits per heavy atom. The predicted octanol–water partition coefficient (Wildman–Crippen LogP) is 3.50. The Kier molecular flexibility index (Phi) is 5.12. The van der Waals surface area contributed by atoms with Gasteiger partial charge in [-0.1, -0.05) is 0 Å². The van der Waals surface area contributed by atoms with E-state index >= 15 is 0 Å². The average Bonchev–Trinajstić information content (AvgIpc) is 2.71. The smallest absolute Gasteiger partial charge is 0.197 e. The lowest BCUT2D eigenvalue weighted by Crippen LogP contribution is -2.05. The van der Waals surface area contributed by atoms with E-state index < -0.39 is 0 Å². The van der Waals surface area contributed by atoms with Gasteiger partial charge in [-0.15, -0.1) is 0 Å². The molecule has 1 aromatic heterocycles. The molecule has 0 aliphatic carbocycles. The van der Waals surface area contributed by atoms with Gasteiger partial charge in [0.25, 0.3) is 0 Å². The molecule has 0 aliphatic heterocycles. The molecule has 0 bridgehead atoms. The first-order valence-corrected chi connectivity index (χ1v) is 8.07. The first-order chi connectivity index (χ1) is 13.1. The van der Waals surface area contributed by atoms with E-state index in [4.69, 9.17) is 28.1 Å². The van der Waals surface area contributed by atoms with Crippen LogP contribution in [-0.4, -0.2) is 35.5 Å². The summed E-state index contributed by atoms with van der Waals surface area (Å²) >= 11 is 0. The normalized spacial score (nSPS) is 10.6. The van der Waals surface area contributed by atoms with Crippen LogP contribution < -0.4 is 29.1 Å². The Morgan fingerprint density at radius 2 is 1.26 bits per heavy atom. The Bertz CT molecular complexity index is 1040. The minimum Gasteiger partial charge on any atom is -0.496 e. The van der Waals surface area contributed by atoms with Crippen LogP contribution in [0.3, 0.4) is 0 Å². The van der Waals surface area contributed by atoms with Crippen LogP contribution in [0.5, 0.6) is 28.7 Å². The van der Waals surface area contributed by atoms with Gasteiger partial charge in [0.05, 0.1) is 35.5 Å². The van der Waals surface area contributed by atoms with Crippen LogP contribution in [0.4, 0.5) is 0 Å². The minimum atomic E-state index is -0.283. The second-order valence-electron chi connectivity index (χ2n) is 5.53. The molecule has 0 spiro atoms. The van der Waals surface area contributed by atoms with E-state index in [2.05, 4.69) is 0 Å². The maximum Gasteiger partial charge on any atom is 0.197 e. The molecule has 2 aromatic carbocycles. The molecule has 0 radical (unpaired) electrons. The number of methoxy groups -OCH3 is 5. The largest absolute Gasteiger partial charge is 0.496 e. The van der Waals surface area contributed by atoms with Gasteiger partial charge in [-0.3, -0.25) is 4.79 Å². The standard InChI is InChI=1S/C20H20O7/c1-22-12-6-8-15(24-3)20(26-5)18(12)16-10-11(21)17-13(27-16)7-9-14(23-2)19(17)25-4/h6-10H,1-5H3. The Balaban J connectivity index is 2.36. The van der Waals surface area contributed by atoms with Crippen molar-refractivity contribution < 1.29 is 28.1 Å². The fraction of sp³-hybridized carbons (Fsp3) is 0.250. The highest BCUT2D eigenvalue weighted by atomic mass is 16.5. The Morgan fingerprint density at radius 3 is 1.85 bits per heavy atom. The van der Waals surface area contributed by atoms with Crippen molar-refractivity contribution in [3.05, 3.63) is 40.6 Å². The van der Waals surface area contributed by atoms with Crippen LogP contribution in [0.1, 0.15) is 0 Å². The molecule has 27 heavy (non-hydrogen) atoms.